The number of ether oxygens (including phenoxy) is 7. The van der Waals surface area contributed by atoms with Crippen LogP contribution < -0.4 is 0 Å². The Kier molecular flexibility index (Phi) is 31.6. The van der Waals surface area contributed by atoms with Gasteiger partial charge in [-0.3, -0.25) is 14.7 Å². The summed E-state index contributed by atoms with van der Waals surface area (Å²) in [4.78, 5) is 41.6. The summed E-state index contributed by atoms with van der Waals surface area (Å²) in [5.41, 5.74) is 1.59. The second kappa shape index (κ2) is 37.0. The number of quaternary nitrogens is 3. The number of hydrogen-bond donors (Lipinski definition) is 9. The summed E-state index contributed by atoms with van der Waals surface area (Å²) in [5.74, 6) is -5.16. The Morgan fingerprint density at radius 3 is 1.24 bits per heavy atom. The maximum atomic E-state index is 13.9. The molecule has 0 radical (unpaired) electrons. The molecule has 2 saturated heterocycles. The van der Waals surface area contributed by atoms with Crippen LogP contribution in [0.15, 0.2) is 54.6 Å². The van der Waals surface area contributed by atoms with Gasteiger partial charge in [0.15, 0.2) is 6.29 Å². The average Bonchev–Trinajstić information content (AvgIpc) is 0.761. The van der Waals surface area contributed by atoms with Gasteiger partial charge in [-0.05, 0) is 78.3 Å². The molecule has 3 unspecified atom stereocenters. The molecule has 9 N–H and O–H groups in total. The molecule has 3 aromatic carbocycles. The Labute approximate surface area is 598 Å². The van der Waals surface area contributed by atoms with Crippen molar-refractivity contribution in [2.75, 3.05) is 142 Å². The van der Waals surface area contributed by atoms with Crippen molar-refractivity contribution in [3.8, 4) is 0 Å². The Morgan fingerprint density at radius 1 is 0.505 bits per heavy atom. The Morgan fingerprint density at radius 2 is 0.856 bits per heavy atom. The number of aliphatic carboxylic acids is 3. The third kappa shape index (κ3) is 25.8. The number of halogens is 6. The molecule has 0 bridgehead atoms. The van der Waals surface area contributed by atoms with Crippen LogP contribution in [0.3, 0.4) is 0 Å². The lowest BCUT2D eigenvalue weighted by Gasteiger charge is -2.54. The first-order valence-corrected chi connectivity index (χ1v) is 34.5. The van der Waals surface area contributed by atoms with Crippen molar-refractivity contribution in [2.24, 2.45) is 11.8 Å². The zero-order chi connectivity index (χ0) is 72.2. The maximum absolute atomic E-state index is 13.9. The minimum Gasteiger partial charge on any atom is -0.480 e. The predicted octanol–water partition coefficient (Wildman–Crippen LogP) is 4.41. The number of carboxylic acids is 3. The van der Waals surface area contributed by atoms with Crippen molar-refractivity contribution < 1.29 is 107 Å². The van der Waals surface area contributed by atoms with Crippen LogP contribution in [0.5, 0.6) is 0 Å². The first-order valence-electron chi connectivity index (χ1n) is 32.2. The van der Waals surface area contributed by atoms with E-state index in [4.69, 9.17) is 103 Å². The van der Waals surface area contributed by atoms with E-state index in [1.165, 1.54) is 6.07 Å². The van der Waals surface area contributed by atoms with E-state index in [1.54, 1.807) is 72.2 Å². The molecule has 18 atom stereocenters. The van der Waals surface area contributed by atoms with Crippen LogP contribution >= 0.6 is 69.6 Å². The number of hydrogen-bond acceptors (Lipinski definition) is 19. The fourth-order valence-corrected chi connectivity index (χ4v) is 14.9. The van der Waals surface area contributed by atoms with Gasteiger partial charge in [0, 0.05) is 69.4 Å². The van der Waals surface area contributed by atoms with Crippen LogP contribution in [-0.2, 0) is 67.2 Å². The molecule has 6 rings (SSSR count). The molecule has 31 heteroatoms. The molecule has 548 valence electrons. The third-order valence-electron chi connectivity index (χ3n) is 17.3. The lowest BCUT2D eigenvalue weighted by atomic mass is 9.73. The highest BCUT2D eigenvalue weighted by molar-refractivity contribution is 6.36. The summed E-state index contributed by atoms with van der Waals surface area (Å²) in [6.07, 6.45) is -18.0. The summed E-state index contributed by atoms with van der Waals surface area (Å²) < 4.78 is 46.7. The van der Waals surface area contributed by atoms with Crippen molar-refractivity contribution >= 4 is 87.5 Å². The summed E-state index contributed by atoms with van der Waals surface area (Å²) in [6, 6.07) is 11.0. The fourth-order valence-electron chi connectivity index (χ4n) is 13.5. The van der Waals surface area contributed by atoms with Gasteiger partial charge in [0.2, 0.25) is 0 Å². The summed E-state index contributed by atoms with van der Waals surface area (Å²) in [7, 11) is 17.1. The van der Waals surface area contributed by atoms with Crippen LogP contribution in [0.4, 0.5) is 0 Å². The number of carboxylic acid groups (broad SMARTS) is 3. The first kappa shape index (κ1) is 83.0. The molecule has 0 spiro atoms. The van der Waals surface area contributed by atoms with Crippen LogP contribution in [-0.4, -0.2) is 332 Å². The highest BCUT2D eigenvalue weighted by atomic mass is 35.5. The van der Waals surface area contributed by atoms with Gasteiger partial charge in [-0.1, -0.05) is 94.7 Å². The molecule has 0 amide bonds. The Bertz CT molecular complexity index is 3020. The maximum Gasteiger partial charge on any atom is 0.329 e. The van der Waals surface area contributed by atoms with Gasteiger partial charge >= 0.3 is 17.9 Å². The molecule has 97 heavy (non-hydrogen) atoms. The van der Waals surface area contributed by atoms with Crippen LogP contribution in [0.25, 0.3) is 0 Å². The Hall–Kier alpha value is -2.95. The molecule has 2 heterocycles. The lowest BCUT2D eigenvalue weighted by Crippen LogP contribution is -2.70. The molecule has 25 nitrogen and oxygen atoms in total. The van der Waals surface area contributed by atoms with E-state index < -0.39 is 160 Å². The highest BCUT2D eigenvalue weighted by Gasteiger charge is 2.56. The SMILES string of the molecule is C[C@@H]1[C@@H](COCC(=O)O)C[C@@H](O[C@H]2[C@H](O)[C@@H](N(Cc3ccc(Cl)cc3Cl)CC(O)C[N+](C)(C)C)[C@H](O[C@H]3[C@H](O)[C@@H](N(Cc4ccc(Cl)cc4Cl)CC(O)C[N+](C)(C)C)[C@H](C)O[C@@H]3COCC(=O)O)O[C@@H]2COCC(=O)O)[C@H](N(Cc2ccc(Cl)cc2Cl)CC(O)C[N+](C)(C)C)[C@H]1O. The minimum atomic E-state index is -1.87. The van der Waals surface area contributed by atoms with Gasteiger partial charge in [-0.15, -0.1) is 0 Å². The van der Waals surface area contributed by atoms with Crippen molar-refractivity contribution in [3.63, 3.8) is 0 Å². The number of nitrogens with zero attached hydrogens (tertiary/aromatic N) is 6. The van der Waals surface area contributed by atoms with E-state index in [0.717, 1.165) is 0 Å². The van der Waals surface area contributed by atoms with Crippen molar-refractivity contribution in [3.05, 3.63) is 101 Å². The second-order valence-corrected chi connectivity index (χ2v) is 31.6. The van der Waals surface area contributed by atoms with E-state index in [1.807, 2.05) is 68.3 Å². The zero-order valence-electron chi connectivity index (χ0n) is 57.0. The number of benzene rings is 3. The van der Waals surface area contributed by atoms with Crippen LogP contribution in [0.2, 0.25) is 30.1 Å². The molecule has 3 aromatic rings. The minimum absolute atomic E-state index is 0.00753. The molecule has 2 aliphatic heterocycles. The van der Waals surface area contributed by atoms with E-state index >= 15 is 0 Å². The number of aliphatic hydroxyl groups is 6. The van der Waals surface area contributed by atoms with Crippen LogP contribution in [0.1, 0.15) is 37.0 Å². The van der Waals surface area contributed by atoms with E-state index in [-0.39, 0.29) is 86.5 Å². The van der Waals surface area contributed by atoms with E-state index in [2.05, 4.69) is 0 Å². The summed E-state index contributed by atoms with van der Waals surface area (Å²) in [6.45, 7) is 0.0433. The molecule has 0 aromatic heterocycles. The molecule has 3 fully saturated rings. The average molecular weight is 1500 g/mol. The quantitative estimate of drug-likeness (QED) is 0.0361. The second-order valence-electron chi connectivity index (χ2n) is 29.1. The summed E-state index contributed by atoms with van der Waals surface area (Å²) in [5, 5.41) is 108. The van der Waals surface area contributed by atoms with Crippen molar-refractivity contribution in [1.82, 2.24) is 14.7 Å². The zero-order valence-corrected chi connectivity index (χ0v) is 61.5. The highest BCUT2D eigenvalue weighted by Crippen LogP contribution is 2.42. The third-order valence-corrected chi connectivity index (χ3v) is 19.1. The largest absolute Gasteiger partial charge is 0.480 e. The molecule has 1 saturated carbocycles. The molecular weight excluding hydrogens is 1390 g/mol. The topological polar surface area (TPSA) is 308 Å². The van der Waals surface area contributed by atoms with Gasteiger partial charge in [-0.2, -0.15) is 0 Å². The van der Waals surface area contributed by atoms with Crippen LogP contribution in [0, 0.1) is 11.8 Å². The van der Waals surface area contributed by atoms with E-state index in [0.29, 0.717) is 45.7 Å². The molecule has 1 aliphatic carbocycles. The molecular formula is C66H101Cl6N6O19+3. The number of likely N-dealkylation sites (N-methyl/N-ethyl adjacent to an activating group) is 3. The summed E-state index contributed by atoms with van der Waals surface area (Å²) >= 11 is 40.0. The van der Waals surface area contributed by atoms with Gasteiger partial charge in [-0.25, -0.2) is 14.4 Å². The molecule has 3 aliphatic rings. The van der Waals surface area contributed by atoms with Crippen molar-refractivity contribution in [2.45, 2.75) is 138 Å². The number of rotatable bonds is 37. The van der Waals surface area contributed by atoms with Gasteiger partial charge in [0.25, 0.3) is 0 Å². The monoisotopic (exact) mass is 1490 g/mol. The Balaban J connectivity index is 1.60. The van der Waals surface area contributed by atoms with E-state index in [9.17, 15) is 60.3 Å². The smallest absolute Gasteiger partial charge is 0.329 e. The number of carbonyl (C=O) groups is 3. The standard InChI is InChI=1S/C66H98Cl6N6O19/c1-37-42(31-91-34-55(82)83)18-52(59(61(37)88)74(26-47(80)29-77(6,7)8)23-40-13-16-44(68)20-50(40)71)95-64-54(33-93-36-57(86)87)96-66(60(63(64)90)75(27-48(81)30-78(9,10)11)24-41-14-17-45(69)21-51(41)72)97-65-53(32-92-35-56(84)85)94-38(2)58(62(65)89)73(25-46(79)28-76(3,4)5)22-39-12-15-43(67)19-49(39)70/h12-17,19-21,37-38,42,46-48,52-54,58-66,79-81,88-90H,18,22-36H2,1-11H3/p+3/t37-,38+,42-,46?,47?,48?,52-,53-,54-,58+,59+,60-,61+,62-,63-,64-,65-,66+/m1/s1. The predicted molar refractivity (Wildman–Crippen MR) is 366 cm³/mol. The van der Waals surface area contributed by atoms with Gasteiger partial charge < -0.3 is 92.6 Å². The van der Waals surface area contributed by atoms with Gasteiger partial charge in [0.1, 0.15) is 94.4 Å². The van der Waals surface area contributed by atoms with Crippen molar-refractivity contribution in [1.29, 1.82) is 0 Å². The normalized spacial score (nSPS) is 27.7. The number of aliphatic hydroxyl groups excluding tert-OH is 6. The first-order chi connectivity index (χ1) is 45.2. The lowest BCUT2D eigenvalue weighted by molar-refractivity contribution is -0.873. The van der Waals surface area contributed by atoms with Gasteiger partial charge in [0.05, 0.1) is 120 Å². The fraction of sp³-hybridized carbons (Fsp3) is 0.682.